The van der Waals surface area contributed by atoms with Crippen LogP contribution in [0.2, 0.25) is 0 Å². The van der Waals surface area contributed by atoms with Gasteiger partial charge in [0.25, 0.3) is 0 Å². The highest BCUT2D eigenvalue weighted by atomic mass is 15.3. The highest BCUT2D eigenvalue weighted by Crippen LogP contribution is 2.21. The summed E-state index contributed by atoms with van der Waals surface area (Å²) in [6, 6.07) is 0. The van der Waals surface area contributed by atoms with Gasteiger partial charge in [0.05, 0.1) is 27.2 Å². The third kappa shape index (κ3) is 9.49. The van der Waals surface area contributed by atoms with E-state index in [2.05, 4.69) is 41.8 Å². The van der Waals surface area contributed by atoms with E-state index in [4.69, 9.17) is 0 Å². The minimum atomic E-state index is 0.929. The highest BCUT2D eigenvalue weighted by molar-refractivity contribution is 4.60. The second-order valence-corrected chi connectivity index (χ2v) is 7.13. The first-order chi connectivity index (χ1) is 8.99. The Morgan fingerprint density at radius 3 is 1.32 bits per heavy atom. The van der Waals surface area contributed by atoms with Crippen molar-refractivity contribution in [1.29, 1.82) is 0 Å². The van der Waals surface area contributed by atoms with Crippen LogP contribution in [0.3, 0.4) is 0 Å². The molecule has 19 heavy (non-hydrogen) atoms. The molecule has 0 aromatic heterocycles. The number of rotatable bonds is 12. The first-order valence-electron chi connectivity index (χ1n) is 8.80. The van der Waals surface area contributed by atoms with Gasteiger partial charge in [-0.3, -0.25) is 0 Å². The van der Waals surface area contributed by atoms with Gasteiger partial charge in [0.1, 0.15) is 0 Å². The van der Waals surface area contributed by atoms with E-state index in [9.17, 15) is 0 Å². The van der Waals surface area contributed by atoms with Crippen LogP contribution >= 0.6 is 0 Å². The first kappa shape index (κ1) is 19.0. The van der Waals surface area contributed by atoms with E-state index in [1.807, 2.05) is 0 Å². The molecular weight excluding hydrogens is 230 g/mol. The van der Waals surface area contributed by atoms with E-state index in [0.717, 1.165) is 11.8 Å². The molecule has 0 amide bonds. The number of unbranched alkanes of at least 4 members (excludes halogenated alkanes) is 2. The molecule has 1 heteroatoms. The van der Waals surface area contributed by atoms with Crippen LogP contribution in [0.1, 0.15) is 79.1 Å². The van der Waals surface area contributed by atoms with Crippen LogP contribution in [0.5, 0.6) is 0 Å². The molecule has 0 aromatic carbocycles. The van der Waals surface area contributed by atoms with E-state index in [0.29, 0.717) is 0 Å². The van der Waals surface area contributed by atoms with Crippen LogP contribution in [-0.4, -0.2) is 31.7 Å². The number of hydrogen-bond acceptors (Lipinski definition) is 0. The van der Waals surface area contributed by atoms with Gasteiger partial charge in [-0.05, 0) is 25.7 Å². The fourth-order valence-electron chi connectivity index (χ4n) is 3.31. The summed E-state index contributed by atoms with van der Waals surface area (Å²) in [6.07, 6.45) is 11.1. The van der Waals surface area contributed by atoms with Crippen molar-refractivity contribution in [3.8, 4) is 0 Å². The maximum atomic E-state index is 2.45. The van der Waals surface area contributed by atoms with Gasteiger partial charge in [0, 0.05) is 11.8 Å². The van der Waals surface area contributed by atoms with Crippen LogP contribution in [-0.2, 0) is 0 Å². The number of quaternary nitrogens is 1. The third-order valence-electron chi connectivity index (χ3n) is 4.59. The molecule has 2 atom stereocenters. The summed E-state index contributed by atoms with van der Waals surface area (Å²) < 4.78 is 1.23. The lowest BCUT2D eigenvalue weighted by molar-refractivity contribution is -0.897. The van der Waals surface area contributed by atoms with Crippen molar-refractivity contribution in [3.05, 3.63) is 0 Å². The van der Waals surface area contributed by atoms with E-state index in [1.165, 1.54) is 68.9 Å². The standard InChI is InChI=1S/C18H40N/c1-7-11-13-17(9-3)15-19(5,6)16-18(10-4)14-12-8-2/h17-18H,7-16H2,1-6H3/q+1. The highest BCUT2D eigenvalue weighted by Gasteiger charge is 2.24. The lowest BCUT2D eigenvalue weighted by atomic mass is 9.95. The molecule has 0 bridgehead atoms. The quantitative estimate of drug-likeness (QED) is 0.411. The van der Waals surface area contributed by atoms with Crippen molar-refractivity contribution in [2.24, 2.45) is 11.8 Å². The van der Waals surface area contributed by atoms with Crippen molar-refractivity contribution < 1.29 is 4.48 Å². The Bertz CT molecular complexity index is 178. The molecule has 0 N–H and O–H groups in total. The fourth-order valence-corrected chi connectivity index (χ4v) is 3.31. The largest absolute Gasteiger partial charge is 0.328 e. The van der Waals surface area contributed by atoms with Crippen LogP contribution in [0.4, 0.5) is 0 Å². The normalized spacial score (nSPS) is 15.5. The molecule has 0 radical (unpaired) electrons. The van der Waals surface area contributed by atoms with E-state index >= 15 is 0 Å². The Morgan fingerprint density at radius 2 is 1.05 bits per heavy atom. The Hall–Kier alpha value is -0.0400. The number of nitrogens with zero attached hydrogens (tertiary/aromatic N) is 1. The Labute approximate surface area is 123 Å². The summed E-state index contributed by atoms with van der Waals surface area (Å²) in [5, 5.41) is 0. The van der Waals surface area contributed by atoms with Crippen molar-refractivity contribution in [1.82, 2.24) is 0 Å². The second-order valence-electron chi connectivity index (χ2n) is 7.13. The zero-order valence-corrected chi connectivity index (χ0v) is 14.7. The van der Waals surface area contributed by atoms with Gasteiger partial charge < -0.3 is 4.48 Å². The summed E-state index contributed by atoms with van der Waals surface area (Å²) >= 11 is 0. The zero-order valence-electron chi connectivity index (χ0n) is 14.7. The SMILES string of the molecule is CCCCC(CC)C[N+](C)(C)CC(CC)CCCC. The predicted octanol–water partition coefficient (Wildman–Crippen LogP) is 5.50. The van der Waals surface area contributed by atoms with Crippen molar-refractivity contribution in [3.63, 3.8) is 0 Å². The molecule has 0 rings (SSSR count). The molecule has 0 heterocycles. The minimum absolute atomic E-state index is 0.929. The van der Waals surface area contributed by atoms with Crippen LogP contribution in [0.15, 0.2) is 0 Å². The lowest BCUT2D eigenvalue weighted by Gasteiger charge is -2.36. The molecule has 0 aliphatic carbocycles. The first-order valence-corrected chi connectivity index (χ1v) is 8.80. The topological polar surface area (TPSA) is 0 Å². The van der Waals surface area contributed by atoms with Crippen LogP contribution in [0.25, 0.3) is 0 Å². The number of hydrogen-bond donors (Lipinski definition) is 0. The molecule has 0 aliphatic heterocycles. The van der Waals surface area contributed by atoms with Gasteiger partial charge in [0.15, 0.2) is 0 Å². The van der Waals surface area contributed by atoms with E-state index in [1.54, 1.807) is 0 Å². The lowest BCUT2D eigenvalue weighted by Crippen LogP contribution is -2.46. The van der Waals surface area contributed by atoms with Crippen LogP contribution in [0, 0.1) is 11.8 Å². The molecular formula is C18H40N+. The minimum Gasteiger partial charge on any atom is -0.328 e. The average Bonchev–Trinajstić information content (AvgIpc) is 2.39. The maximum absolute atomic E-state index is 2.45. The maximum Gasteiger partial charge on any atom is 0.0811 e. The molecule has 1 nitrogen and oxygen atoms in total. The summed E-state index contributed by atoms with van der Waals surface area (Å²) in [6.45, 7) is 12.1. The van der Waals surface area contributed by atoms with Gasteiger partial charge in [-0.1, -0.05) is 53.4 Å². The van der Waals surface area contributed by atoms with Crippen LogP contribution < -0.4 is 0 Å². The molecule has 0 saturated carbocycles. The summed E-state index contributed by atoms with van der Waals surface area (Å²) in [5.74, 6) is 1.86. The van der Waals surface area contributed by atoms with Gasteiger partial charge in [0.2, 0.25) is 0 Å². The smallest absolute Gasteiger partial charge is 0.0811 e. The zero-order chi connectivity index (χ0) is 14.7. The van der Waals surface area contributed by atoms with E-state index in [-0.39, 0.29) is 0 Å². The Kier molecular flexibility index (Phi) is 10.7. The molecule has 0 aliphatic rings. The third-order valence-corrected chi connectivity index (χ3v) is 4.59. The van der Waals surface area contributed by atoms with Gasteiger partial charge >= 0.3 is 0 Å². The predicted molar refractivity (Wildman–Crippen MR) is 88.5 cm³/mol. The summed E-state index contributed by atoms with van der Waals surface area (Å²) in [4.78, 5) is 0. The molecule has 0 spiro atoms. The summed E-state index contributed by atoms with van der Waals surface area (Å²) in [5.41, 5.74) is 0. The van der Waals surface area contributed by atoms with Crippen molar-refractivity contribution in [2.75, 3.05) is 27.2 Å². The van der Waals surface area contributed by atoms with Gasteiger partial charge in [-0.25, -0.2) is 0 Å². The van der Waals surface area contributed by atoms with Gasteiger partial charge in [-0.2, -0.15) is 0 Å². The molecule has 0 fully saturated rings. The van der Waals surface area contributed by atoms with Crippen molar-refractivity contribution in [2.45, 2.75) is 79.1 Å². The summed E-state index contributed by atoms with van der Waals surface area (Å²) in [7, 11) is 4.90. The molecule has 116 valence electrons. The van der Waals surface area contributed by atoms with Crippen molar-refractivity contribution >= 4 is 0 Å². The second kappa shape index (κ2) is 10.7. The molecule has 2 unspecified atom stereocenters. The molecule has 0 saturated heterocycles. The monoisotopic (exact) mass is 270 g/mol. The Morgan fingerprint density at radius 1 is 0.684 bits per heavy atom. The van der Waals surface area contributed by atoms with E-state index < -0.39 is 0 Å². The van der Waals surface area contributed by atoms with Gasteiger partial charge in [-0.15, -0.1) is 0 Å². The average molecular weight is 271 g/mol. The Balaban J connectivity index is 4.24. The molecule has 0 aromatic rings. The fraction of sp³-hybridized carbons (Fsp3) is 1.00.